The molecule has 2 aromatic rings. The molecule has 0 radical (unpaired) electrons. The van der Waals surface area contributed by atoms with Crippen LogP contribution in [0.3, 0.4) is 0 Å². The zero-order valence-corrected chi connectivity index (χ0v) is 8.03. The number of H-pyrrole nitrogens is 1. The van der Waals surface area contributed by atoms with Gasteiger partial charge in [-0.1, -0.05) is 19.9 Å². The van der Waals surface area contributed by atoms with Crippen molar-refractivity contribution in [2.75, 3.05) is 0 Å². The number of fused-ring (bicyclic) bond motifs is 1. The Morgan fingerprint density at radius 2 is 2.08 bits per heavy atom. The zero-order chi connectivity index (χ0) is 9.84. The summed E-state index contributed by atoms with van der Waals surface area (Å²) < 4.78 is 1.48. The molecule has 0 saturated heterocycles. The van der Waals surface area contributed by atoms with Gasteiger partial charge in [0.1, 0.15) is 0 Å². The fourth-order valence-electron chi connectivity index (χ4n) is 1.01. The minimum absolute atomic E-state index is 0.191. The first-order valence-electron chi connectivity index (χ1n) is 4.31. The molecule has 0 spiro atoms. The summed E-state index contributed by atoms with van der Waals surface area (Å²) in [6.45, 7) is 5.93. The maximum absolute atomic E-state index is 11.0. The second-order valence-electron chi connectivity index (χ2n) is 2.46. The van der Waals surface area contributed by atoms with E-state index in [-0.39, 0.29) is 5.69 Å². The lowest BCUT2D eigenvalue weighted by atomic mass is 10.3. The number of pyridine rings is 1. The Morgan fingerprint density at radius 3 is 2.77 bits per heavy atom. The van der Waals surface area contributed by atoms with E-state index in [2.05, 4.69) is 10.2 Å². The third kappa shape index (κ3) is 1.77. The number of aromatic amines is 1. The molecule has 13 heavy (non-hydrogen) atoms. The van der Waals surface area contributed by atoms with E-state index in [1.807, 2.05) is 26.8 Å². The Balaban J connectivity index is 0.000000396. The van der Waals surface area contributed by atoms with E-state index >= 15 is 0 Å². The van der Waals surface area contributed by atoms with Gasteiger partial charge in [0.05, 0.1) is 0 Å². The molecule has 4 nitrogen and oxygen atoms in total. The quantitative estimate of drug-likeness (QED) is 0.663. The standard InChI is InChI=1S/C7H7N3O.C2H6/c1-5-2-3-6-8-9-7(11)10(6)4-5;1-2/h2-4H,1H3,(H,9,11);1-2H3. The molecule has 0 fully saturated rings. The summed E-state index contributed by atoms with van der Waals surface area (Å²) in [6.07, 6.45) is 1.75. The van der Waals surface area contributed by atoms with Gasteiger partial charge >= 0.3 is 5.69 Å². The maximum atomic E-state index is 11.0. The van der Waals surface area contributed by atoms with Crippen LogP contribution in [0.15, 0.2) is 23.1 Å². The van der Waals surface area contributed by atoms with Crippen LogP contribution >= 0.6 is 0 Å². The topological polar surface area (TPSA) is 50.2 Å². The van der Waals surface area contributed by atoms with Gasteiger partial charge in [-0.15, -0.1) is 0 Å². The lowest BCUT2D eigenvalue weighted by Gasteiger charge is -1.90. The lowest BCUT2D eigenvalue weighted by molar-refractivity contribution is 1.02. The van der Waals surface area contributed by atoms with Gasteiger partial charge in [0, 0.05) is 6.20 Å². The highest BCUT2D eigenvalue weighted by Gasteiger charge is 1.96. The minimum atomic E-state index is -0.191. The molecule has 1 N–H and O–H groups in total. The van der Waals surface area contributed by atoms with Crippen LogP contribution in [-0.4, -0.2) is 14.6 Å². The number of nitrogens with one attached hydrogen (secondary N) is 1. The Hall–Kier alpha value is -1.58. The molecule has 2 aromatic heterocycles. The first kappa shape index (κ1) is 9.51. The molecule has 0 aliphatic heterocycles. The zero-order valence-electron chi connectivity index (χ0n) is 8.03. The van der Waals surface area contributed by atoms with Gasteiger partial charge < -0.3 is 0 Å². The van der Waals surface area contributed by atoms with Gasteiger partial charge in [-0.2, -0.15) is 5.10 Å². The highest BCUT2D eigenvalue weighted by molar-refractivity contribution is 5.37. The largest absolute Gasteiger partial charge is 0.347 e. The summed E-state index contributed by atoms with van der Waals surface area (Å²) in [5.74, 6) is 0. The predicted molar refractivity (Wildman–Crippen MR) is 51.9 cm³/mol. The summed E-state index contributed by atoms with van der Waals surface area (Å²) in [5.41, 5.74) is 1.50. The molecule has 70 valence electrons. The van der Waals surface area contributed by atoms with Crippen LogP contribution in [0.1, 0.15) is 19.4 Å². The highest BCUT2D eigenvalue weighted by atomic mass is 16.1. The van der Waals surface area contributed by atoms with Crippen LogP contribution in [0, 0.1) is 6.92 Å². The van der Waals surface area contributed by atoms with Crippen molar-refractivity contribution in [3.8, 4) is 0 Å². The van der Waals surface area contributed by atoms with Gasteiger partial charge in [0.25, 0.3) is 0 Å². The molecular weight excluding hydrogens is 166 g/mol. The fraction of sp³-hybridized carbons (Fsp3) is 0.333. The van der Waals surface area contributed by atoms with Crippen LogP contribution in [0.5, 0.6) is 0 Å². The number of aryl methyl sites for hydroxylation is 1. The van der Waals surface area contributed by atoms with Crippen LogP contribution < -0.4 is 5.69 Å². The second-order valence-corrected chi connectivity index (χ2v) is 2.46. The number of nitrogens with zero attached hydrogens (tertiary/aromatic N) is 2. The number of hydrogen-bond donors (Lipinski definition) is 1. The number of aromatic nitrogens is 3. The monoisotopic (exact) mass is 179 g/mol. The average Bonchev–Trinajstić information content (AvgIpc) is 2.52. The summed E-state index contributed by atoms with van der Waals surface area (Å²) in [4.78, 5) is 11.0. The maximum Gasteiger partial charge on any atom is 0.347 e. The summed E-state index contributed by atoms with van der Waals surface area (Å²) >= 11 is 0. The van der Waals surface area contributed by atoms with E-state index < -0.39 is 0 Å². The molecular formula is C9H13N3O. The fourth-order valence-corrected chi connectivity index (χ4v) is 1.01. The molecule has 0 aliphatic carbocycles. The van der Waals surface area contributed by atoms with Gasteiger partial charge in [0.15, 0.2) is 5.65 Å². The van der Waals surface area contributed by atoms with Gasteiger partial charge in [-0.3, -0.25) is 4.40 Å². The lowest BCUT2D eigenvalue weighted by Crippen LogP contribution is -2.08. The Labute approximate surface area is 76.2 Å². The molecule has 4 heteroatoms. The van der Waals surface area contributed by atoms with Crippen LogP contribution in [0.2, 0.25) is 0 Å². The number of hydrogen-bond acceptors (Lipinski definition) is 2. The van der Waals surface area contributed by atoms with E-state index in [1.54, 1.807) is 12.3 Å². The van der Waals surface area contributed by atoms with E-state index in [9.17, 15) is 4.79 Å². The van der Waals surface area contributed by atoms with Crippen LogP contribution in [0.4, 0.5) is 0 Å². The molecule has 0 saturated carbocycles. The molecule has 0 atom stereocenters. The molecule has 0 bridgehead atoms. The van der Waals surface area contributed by atoms with Crippen molar-refractivity contribution >= 4 is 5.65 Å². The highest BCUT2D eigenvalue weighted by Crippen LogP contribution is 1.98. The molecule has 2 heterocycles. The van der Waals surface area contributed by atoms with Gasteiger partial charge in [0.2, 0.25) is 0 Å². The SMILES string of the molecule is CC.Cc1ccc2n[nH]c(=O)n2c1. The first-order chi connectivity index (χ1) is 6.27. The summed E-state index contributed by atoms with van der Waals surface area (Å²) in [7, 11) is 0. The third-order valence-electron chi connectivity index (χ3n) is 1.56. The van der Waals surface area contributed by atoms with Crippen molar-refractivity contribution in [2.24, 2.45) is 0 Å². The van der Waals surface area contributed by atoms with Crippen molar-refractivity contribution in [1.82, 2.24) is 14.6 Å². The Kier molecular flexibility index (Phi) is 2.84. The van der Waals surface area contributed by atoms with Crippen molar-refractivity contribution in [3.63, 3.8) is 0 Å². The molecule has 2 rings (SSSR count). The van der Waals surface area contributed by atoms with Crippen LogP contribution in [0.25, 0.3) is 5.65 Å². The molecule has 0 aromatic carbocycles. The van der Waals surface area contributed by atoms with E-state index in [4.69, 9.17) is 0 Å². The molecule has 0 aliphatic rings. The smallest absolute Gasteiger partial charge is 0.250 e. The third-order valence-corrected chi connectivity index (χ3v) is 1.56. The van der Waals surface area contributed by atoms with Gasteiger partial charge in [-0.25, -0.2) is 9.89 Å². The van der Waals surface area contributed by atoms with Crippen molar-refractivity contribution in [1.29, 1.82) is 0 Å². The Bertz CT molecular complexity index is 441. The summed E-state index contributed by atoms with van der Waals surface area (Å²) in [6, 6.07) is 3.71. The number of rotatable bonds is 0. The molecule has 0 amide bonds. The predicted octanol–water partition coefficient (Wildman–Crippen LogP) is 1.36. The first-order valence-corrected chi connectivity index (χ1v) is 4.31. The Morgan fingerprint density at radius 1 is 1.38 bits per heavy atom. The van der Waals surface area contributed by atoms with Crippen molar-refractivity contribution < 1.29 is 0 Å². The van der Waals surface area contributed by atoms with E-state index in [0.29, 0.717) is 5.65 Å². The normalized spacial score (nSPS) is 9.46. The summed E-state index contributed by atoms with van der Waals surface area (Å²) in [5, 5.41) is 6.15. The van der Waals surface area contributed by atoms with E-state index in [0.717, 1.165) is 5.56 Å². The molecule has 0 unspecified atom stereocenters. The van der Waals surface area contributed by atoms with Crippen LogP contribution in [-0.2, 0) is 0 Å². The van der Waals surface area contributed by atoms with Crippen molar-refractivity contribution in [3.05, 3.63) is 34.4 Å². The average molecular weight is 179 g/mol. The van der Waals surface area contributed by atoms with E-state index in [1.165, 1.54) is 4.40 Å². The van der Waals surface area contributed by atoms with Crippen molar-refractivity contribution in [2.45, 2.75) is 20.8 Å². The second kappa shape index (κ2) is 3.89. The van der Waals surface area contributed by atoms with Gasteiger partial charge in [-0.05, 0) is 18.6 Å². The minimum Gasteiger partial charge on any atom is -0.250 e.